The number of hydrogen-bond acceptors (Lipinski definition) is 2. The molecule has 1 atom stereocenters. The van der Waals surface area contributed by atoms with Crippen LogP contribution in [0, 0.1) is 5.92 Å². The molecular formula is C18H28OS. The maximum atomic E-state index is 5.96. The molecule has 1 fully saturated rings. The third-order valence-corrected chi connectivity index (χ3v) is 5.22. The van der Waals surface area contributed by atoms with Gasteiger partial charge in [0, 0.05) is 16.9 Å². The Morgan fingerprint density at radius 1 is 1.10 bits per heavy atom. The highest BCUT2D eigenvalue weighted by Gasteiger charge is 2.15. The van der Waals surface area contributed by atoms with Crippen LogP contribution < -0.4 is 0 Å². The average molecular weight is 292 g/mol. The van der Waals surface area contributed by atoms with E-state index in [1.165, 1.54) is 49.0 Å². The monoisotopic (exact) mass is 292 g/mol. The third kappa shape index (κ3) is 4.53. The van der Waals surface area contributed by atoms with Crippen molar-refractivity contribution >= 4 is 12.0 Å². The normalized spacial score (nSPS) is 18.4. The van der Waals surface area contributed by atoms with E-state index >= 15 is 0 Å². The lowest BCUT2D eigenvalue weighted by Crippen LogP contribution is -2.12. The summed E-state index contributed by atoms with van der Waals surface area (Å²) in [5.74, 6) is 1.38. The Labute approximate surface area is 128 Å². The summed E-state index contributed by atoms with van der Waals surface area (Å²) in [5, 5.41) is 0. The quantitative estimate of drug-likeness (QED) is 0.578. The summed E-state index contributed by atoms with van der Waals surface area (Å²) >= 11 is 1.56. The van der Waals surface area contributed by atoms with E-state index in [1.54, 1.807) is 12.0 Å². The standard InChI is InChI=1S/C18H28OS/c1-4-18(14(2)3)15-10-12-17(13-11-15)20-19-16-8-6-5-7-9-16/h10-14,16,18H,4-9H2,1-3H3. The molecule has 0 N–H and O–H groups in total. The molecule has 0 amide bonds. The van der Waals surface area contributed by atoms with Crippen LogP contribution in [0.3, 0.4) is 0 Å². The van der Waals surface area contributed by atoms with Crippen LogP contribution in [0.25, 0.3) is 0 Å². The van der Waals surface area contributed by atoms with Crippen molar-refractivity contribution in [2.45, 2.75) is 76.2 Å². The maximum Gasteiger partial charge on any atom is 0.0727 e. The van der Waals surface area contributed by atoms with Gasteiger partial charge in [-0.2, -0.15) is 0 Å². The third-order valence-electron chi connectivity index (χ3n) is 4.39. The van der Waals surface area contributed by atoms with Gasteiger partial charge in [0.1, 0.15) is 0 Å². The molecule has 0 aliphatic heterocycles. The molecule has 1 aromatic carbocycles. The van der Waals surface area contributed by atoms with Gasteiger partial charge in [0.25, 0.3) is 0 Å². The summed E-state index contributed by atoms with van der Waals surface area (Å²) in [6, 6.07) is 8.99. The van der Waals surface area contributed by atoms with E-state index in [9.17, 15) is 0 Å². The minimum absolute atomic E-state index is 0.465. The van der Waals surface area contributed by atoms with Gasteiger partial charge < -0.3 is 4.18 Å². The minimum atomic E-state index is 0.465. The van der Waals surface area contributed by atoms with Gasteiger partial charge in [-0.05, 0) is 48.8 Å². The largest absolute Gasteiger partial charge is 0.307 e. The Morgan fingerprint density at radius 2 is 1.75 bits per heavy atom. The average Bonchev–Trinajstić information content (AvgIpc) is 2.48. The van der Waals surface area contributed by atoms with Gasteiger partial charge in [0.05, 0.1) is 6.10 Å². The van der Waals surface area contributed by atoms with Gasteiger partial charge in [-0.3, -0.25) is 0 Å². The van der Waals surface area contributed by atoms with Gasteiger partial charge >= 0.3 is 0 Å². The van der Waals surface area contributed by atoms with Crippen LogP contribution in [0.4, 0.5) is 0 Å². The zero-order chi connectivity index (χ0) is 14.4. The molecule has 1 nitrogen and oxygen atoms in total. The highest BCUT2D eigenvalue weighted by Crippen LogP contribution is 2.31. The van der Waals surface area contributed by atoms with E-state index < -0.39 is 0 Å². The van der Waals surface area contributed by atoms with Gasteiger partial charge in [0.2, 0.25) is 0 Å². The van der Waals surface area contributed by atoms with E-state index in [0.717, 1.165) is 0 Å². The maximum absolute atomic E-state index is 5.96. The van der Waals surface area contributed by atoms with E-state index in [1.807, 2.05) is 0 Å². The summed E-state index contributed by atoms with van der Waals surface area (Å²) in [5.41, 5.74) is 1.46. The molecule has 0 spiro atoms. The van der Waals surface area contributed by atoms with Crippen LogP contribution in [-0.4, -0.2) is 6.10 Å². The van der Waals surface area contributed by atoms with Gasteiger partial charge in [-0.15, -0.1) is 0 Å². The first-order valence-corrected chi connectivity index (χ1v) is 8.88. The van der Waals surface area contributed by atoms with Crippen molar-refractivity contribution < 1.29 is 4.18 Å². The van der Waals surface area contributed by atoms with Gasteiger partial charge in [-0.1, -0.05) is 52.2 Å². The Bertz CT molecular complexity index is 379. The summed E-state index contributed by atoms with van der Waals surface area (Å²) in [6.07, 6.45) is 8.18. The number of hydrogen-bond donors (Lipinski definition) is 0. The van der Waals surface area contributed by atoms with Crippen molar-refractivity contribution in [1.29, 1.82) is 0 Å². The van der Waals surface area contributed by atoms with Crippen LogP contribution in [0.1, 0.15) is 70.8 Å². The predicted octanol–water partition coefficient (Wildman–Crippen LogP) is 6.19. The Kier molecular flexibility index (Phi) is 6.44. The summed E-state index contributed by atoms with van der Waals surface area (Å²) < 4.78 is 5.96. The molecule has 0 bridgehead atoms. The fourth-order valence-corrected chi connectivity index (χ4v) is 3.83. The van der Waals surface area contributed by atoms with Crippen molar-refractivity contribution in [3.8, 4) is 0 Å². The first-order valence-electron chi connectivity index (χ1n) is 8.14. The smallest absolute Gasteiger partial charge is 0.0727 e. The molecule has 0 radical (unpaired) electrons. The lowest BCUT2D eigenvalue weighted by molar-refractivity contribution is 0.185. The lowest BCUT2D eigenvalue weighted by atomic mass is 9.86. The van der Waals surface area contributed by atoms with E-state index in [2.05, 4.69) is 45.0 Å². The first-order chi connectivity index (χ1) is 9.70. The zero-order valence-corrected chi connectivity index (χ0v) is 13.9. The lowest BCUT2D eigenvalue weighted by Gasteiger charge is -2.21. The van der Waals surface area contributed by atoms with E-state index in [-0.39, 0.29) is 0 Å². The SMILES string of the molecule is CCC(c1ccc(SOC2CCCCC2)cc1)C(C)C. The van der Waals surface area contributed by atoms with Crippen LogP contribution in [0.5, 0.6) is 0 Å². The number of benzene rings is 1. The van der Waals surface area contributed by atoms with Crippen molar-refractivity contribution in [3.63, 3.8) is 0 Å². The van der Waals surface area contributed by atoms with Crippen LogP contribution in [0.2, 0.25) is 0 Å². The first kappa shape index (κ1) is 15.9. The van der Waals surface area contributed by atoms with Crippen LogP contribution in [0.15, 0.2) is 29.2 Å². The fraction of sp³-hybridized carbons (Fsp3) is 0.667. The van der Waals surface area contributed by atoms with E-state index in [4.69, 9.17) is 4.18 Å². The van der Waals surface area contributed by atoms with Crippen molar-refractivity contribution in [2.75, 3.05) is 0 Å². The molecule has 1 aliphatic carbocycles. The van der Waals surface area contributed by atoms with Gasteiger partial charge in [-0.25, -0.2) is 0 Å². The molecule has 1 saturated carbocycles. The molecular weight excluding hydrogens is 264 g/mol. The molecule has 0 saturated heterocycles. The van der Waals surface area contributed by atoms with Gasteiger partial charge in [0.15, 0.2) is 0 Å². The molecule has 1 unspecified atom stereocenters. The summed E-state index contributed by atoms with van der Waals surface area (Å²) in [4.78, 5) is 1.23. The second-order valence-electron chi connectivity index (χ2n) is 6.27. The predicted molar refractivity (Wildman–Crippen MR) is 88.1 cm³/mol. The molecule has 1 aromatic rings. The summed E-state index contributed by atoms with van der Waals surface area (Å²) in [6.45, 7) is 6.89. The highest BCUT2D eigenvalue weighted by atomic mass is 32.2. The molecule has 0 aromatic heterocycles. The fourth-order valence-electron chi connectivity index (χ4n) is 3.15. The number of rotatable bonds is 6. The molecule has 2 heteroatoms. The topological polar surface area (TPSA) is 9.23 Å². The second kappa shape index (κ2) is 8.09. The molecule has 1 aliphatic rings. The Hall–Kier alpha value is -0.470. The Balaban J connectivity index is 1.87. The molecule has 0 heterocycles. The van der Waals surface area contributed by atoms with Crippen LogP contribution in [-0.2, 0) is 4.18 Å². The second-order valence-corrected chi connectivity index (χ2v) is 7.10. The zero-order valence-electron chi connectivity index (χ0n) is 13.1. The minimum Gasteiger partial charge on any atom is -0.307 e. The highest BCUT2D eigenvalue weighted by molar-refractivity contribution is 7.94. The van der Waals surface area contributed by atoms with Crippen molar-refractivity contribution in [1.82, 2.24) is 0 Å². The molecule has 112 valence electrons. The van der Waals surface area contributed by atoms with Crippen molar-refractivity contribution in [2.24, 2.45) is 5.92 Å². The molecule has 20 heavy (non-hydrogen) atoms. The Morgan fingerprint density at radius 3 is 2.30 bits per heavy atom. The van der Waals surface area contributed by atoms with Crippen molar-refractivity contribution in [3.05, 3.63) is 29.8 Å². The summed E-state index contributed by atoms with van der Waals surface area (Å²) in [7, 11) is 0. The van der Waals surface area contributed by atoms with Crippen LogP contribution >= 0.6 is 12.0 Å². The molecule has 2 rings (SSSR count). The van der Waals surface area contributed by atoms with E-state index in [0.29, 0.717) is 17.9 Å².